The zero-order valence-corrected chi connectivity index (χ0v) is 14.7. The molecule has 0 unspecified atom stereocenters. The van der Waals surface area contributed by atoms with Crippen LogP contribution in [0.25, 0.3) is 10.9 Å². The Kier molecular flexibility index (Phi) is 5.73. The number of hydrogen-bond acceptors (Lipinski definition) is 2. The lowest BCUT2D eigenvalue weighted by molar-refractivity contribution is 0.475. The van der Waals surface area contributed by atoms with Gasteiger partial charge >= 0.3 is 0 Å². The Hall–Kier alpha value is -3.02. The third-order valence-electron chi connectivity index (χ3n) is 4.12. The van der Waals surface area contributed by atoms with Crippen LogP contribution in [0.2, 0.25) is 0 Å². The summed E-state index contributed by atoms with van der Waals surface area (Å²) in [5, 5.41) is 16.9. The van der Waals surface area contributed by atoms with Gasteiger partial charge in [0.25, 0.3) is 0 Å². The van der Waals surface area contributed by atoms with E-state index in [1.807, 2.05) is 25.3 Å². The maximum absolute atomic E-state index is 13.3. The van der Waals surface area contributed by atoms with Crippen molar-refractivity contribution < 1.29 is 9.50 Å². The van der Waals surface area contributed by atoms with Gasteiger partial charge in [-0.3, -0.25) is 0 Å². The van der Waals surface area contributed by atoms with E-state index in [4.69, 9.17) is 0 Å². The number of benzene rings is 2. The molecule has 0 aliphatic heterocycles. The van der Waals surface area contributed by atoms with Crippen molar-refractivity contribution >= 4 is 16.9 Å². The van der Waals surface area contributed by atoms with E-state index in [-0.39, 0.29) is 11.6 Å². The van der Waals surface area contributed by atoms with Crippen LogP contribution in [-0.2, 0) is 13.0 Å². The first-order chi connectivity index (χ1) is 12.7. The van der Waals surface area contributed by atoms with E-state index in [0.717, 1.165) is 41.0 Å². The highest BCUT2D eigenvalue weighted by atomic mass is 19.1. The summed E-state index contributed by atoms with van der Waals surface area (Å²) in [6.07, 6.45) is 2.72. The summed E-state index contributed by atoms with van der Waals surface area (Å²) in [6.45, 7) is 4.04. The molecule has 0 atom stereocenters. The summed E-state index contributed by atoms with van der Waals surface area (Å²) in [7, 11) is 0. The third-order valence-corrected chi connectivity index (χ3v) is 4.12. The van der Waals surface area contributed by atoms with Crippen molar-refractivity contribution in [1.82, 2.24) is 15.6 Å². The Balaban J connectivity index is 1.59. The molecule has 1 heterocycles. The fraction of sp³-hybridized carbons (Fsp3) is 0.250. The van der Waals surface area contributed by atoms with Crippen molar-refractivity contribution in [3.05, 3.63) is 65.6 Å². The van der Waals surface area contributed by atoms with Crippen LogP contribution in [0.5, 0.6) is 5.75 Å². The largest absolute Gasteiger partial charge is 0.508 e. The molecule has 5 nitrogen and oxygen atoms in total. The molecule has 2 aromatic carbocycles. The van der Waals surface area contributed by atoms with E-state index in [1.165, 1.54) is 12.1 Å². The Morgan fingerprint density at radius 1 is 1.15 bits per heavy atom. The molecule has 26 heavy (non-hydrogen) atoms. The van der Waals surface area contributed by atoms with Crippen LogP contribution in [0, 0.1) is 5.82 Å². The second-order valence-corrected chi connectivity index (χ2v) is 6.04. The molecule has 3 rings (SSSR count). The molecule has 1 aromatic heterocycles. The zero-order chi connectivity index (χ0) is 18.4. The topological polar surface area (TPSA) is 72.4 Å². The van der Waals surface area contributed by atoms with Gasteiger partial charge in [0.05, 0.1) is 6.54 Å². The number of aromatic amines is 1. The molecule has 0 aliphatic carbocycles. The van der Waals surface area contributed by atoms with Crippen molar-refractivity contribution in [3.63, 3.8) is 0 Å². The second kappa shape index (κ2) is 8.38. The first kappa shape index (κ1) is 17.8. The van der Waals surface area contributed by atoms with Crippen LogP contribution < -0.4 is 10.6 Å². The molecular formula is C20H23FN4O. The van der Waals surface area contributed by atoms with Crippen molar-refractivity contribution in [2.24, 2.45) is 4.99 Å². The molecule has 0 saturated carbocycles. The van der Waals surface area contributed by atoms with Crippen molar-refractivity contribution in [2.45, 2.75) is 19.9 Å². The van der Waals surface area contributed by atoms with Gasteiger partial charge in [-0.05, 0) is 54.8 Å². The molecule has 3 aromatic rings. The highest BCUT2D eigenvalue weighted by molar-refractivity contribution is 5.83. The average Bonchev–Trinajstić information content (AvgIpc) is 3.03. The Morgan fingerprint density at radius 2 is 1.96 bits per heavy atom. The van der Waals surface area contributed by atoms with Crippen LogP contribution in [0.4, 0.5) is 4.39 Å². The molecule has 136 valence electrons. The highest BCUT2D eigenvalue weighted by Gasteiger charge is 2.05. The number of aliphatic imine (C=N–C) groups is 1. The molecule has 0 bridgehead atoms. The maximum Gasteiger partial charge on any atom is 0.191 e. The van der Waals surface area contributed by atoms with Crippen molar-refractivity contribution in [2.75, 3.05) is 13.1 Å². The molecule has 0 fully saturated rings. The van der Waals surface area contributed by atoms with E-state index in [9.17, 15) is 9.50 Å². The van der Waals surface area contributed by atoms with E-state index >= 15 is 0 Å². The van der Waals surface area contributed by atoms with E-state index < -0.39 is 0 Å². The van der Waals surface area contributed by atoms with E-state index in [0.29, 0.717) is 13.1 Å². The number of nitrogens with one attached hydrogen (secondary N) is 3. The zero-order valence-electron chi connectivity index (χ0n) is 14.7. The lowest BCUT2D eigenvalue weighted by Gasteiger charge is -2.11. The first-order valence-electron chi connectivity index (χ1n) is 8.71. The molecule has 0 spiro atoms. The summed E-state index contributed by atoms with van der Waals surface area (Å²) < 4.78 is 13.3. The molecular weight excluding hydrogens is 331 g/mol. The molecule has 0 saturated heterocycles. The van der Waals surface area contributed by atoms with Gasteiger partial charge in [0.1, 0.15) is 11.6 Å². The summed E-state index contributed by atoms with van der Waals surface area (Å²) in [5.74, 6) is 0.757. The fourth-order valence-corrected chi connectivity index (χ4v) is 2.79. The number of rotatable bonds is 6. The lowest BCUT2D eigenvalue weighted by Crippen LogP contribution is -2.38. The van der Waals surface area contributed by atoms with E-state index in [2.05, 4.69) is 20.6 Å². The number of phenolic OH excluding ortho intramolecular Hbond substituents is 1. The SMILES string of the molecule is CCNC(=NCc1ccc(O)cc1)NCCc1c[nH]c2cc(F)ccc12. The van der Waals surface area contributed by atoms with Gasteiger partial charge < -0.3 is 20.7 Å². The smallest absolute Gasteiger partial charge is 0.191 e. The third kappa shape index (κ3) is 4.53. The number of halogens is 1. The van der Waals surface area contributed by atoms with Gasteiger partial charge in [-0.15, -0.1) is 0 Å². The molecule has 4 N–H and O–H groups in total. The number of guanidine groups is 1. The Labute approximate surface area is 152 Å². The molecule has 0 aliphatic rings. The average molecular weight is 354 g/mol. The van der Waals surface area contributed by atoms with Crippen molar-refractivity contribution in [3.8, 4) is 5.75 Å². The molecule has 0 amide bonds. The standard InChI is InChI=1S/C20H23FN4O/c1-2-22-20(25-12-14-3-6-17(26)7-4-14)23-10-9-15-13-24-19-11-16(21)5-8-18(15)19/h3-8,11,13,24,26H,2,9-10,12H2,1H3,(H2,22,23,25). The van der Waals surface area contributed by atoms with Crippen molar-refractivity contribution in [1.29, 1.82) is 0 Å². The number of nitrogens with zero attached hydrogens (tertiary/aromatic N) is 1. The maximum atomic E-state index is 13.3. The predicted octanol–water partition coefficient (Wildman–Crippen LogP) is 3.31. The summed E-state index contributed by atoms with van der Waals surface area (Å²) in [4.78, 5) is 7.67. The number of aromatic hydroxyl groups is 1. The lowest BCUT2D eigenvalue weighted by atomic mass is 10.1. The minimum Gasteiger partial charge on any atom is -0.508 e. The molecule has 6 heteroatoms. The van der Waals surface area contributed by atoms with Crippen LogP contribution in [0.1, 0.15) is 18.1 Å². The van der Waals surface area contributed by atoms with Gasteiger partial charge in [-0.2, -0.15) is 0 Å². The van der Waals surface area contributed by atoms with Crippen LogP contribution in [0.15, 0.2) is 53.7 Å². The Morgan fingerprint density at radius 3 is 2.73 bits per heavy atom. The predicted molar refractivity (Wildman–Crippen MR) is 103 cm³/mol. The first-order valence-corrected chi connectivity index (χ1v) is 8.71. The molecule has 0 radical (unpaired) electrons. The minimum atomic E-state index is -0.236. The highest BCUT2D eigenvalue weighted by Crippen LogP contribution is 2.19. The number of fused-ring (bicyclic) bond motifs is 1. The normalized spacial score (nSPS) is 11.7. The van der Waals surface area contributed by atoms with Gasteiger partial charge in [0.2, 0.25) is 0 Å². The number of H-pyrrole nitrogens is 1. The summed E-state index contributed by atoms with van der Waals surface area (Å²) in [5.41, 5.74) is 2.98. The summed E-state index contributed by atoms with van der Waals surface area (Å²) in [6, 6.07) is 11.8. The minimum absolute atomic E-state index is 0.236. The van der Waals surface area contributed by atoms with Crippen LogP contribution >= 0.6 is 0 Å². The number of aromatic nitrogens is 1. The quantitative estimate of drug-likeness (QED) is 0.405. The van der Waals surface area contributed by atoms with Gasteiger partial charge in [-0.25, -0.2) is 9.38 Å². The van der Waals surface area contributed by atoms with Crippen LogP contribution in [0.3, 0.4) is 0 Å². The number of hydrogen-bond donors (Lipinski definition) is 4. The monoisotopic (exact) mass is 354 g/mol. The van der Waals surface area contributed by atoms with Gasteiger partial charge in [0.15, 0.2) is 5.96 Å². The van der Waals surface area contributed by atoms with E-state index in [1.54, 1.807) is 18.2 Å². The van der Waals surface area contributed by atoms with Crippen LogP contribution in [-0.4, -0.2) is 29.1 Å². The second-order valence-electron chi connectivity index (χ2n) is 6.04. The summed E-state index contributed by atoms with van der Waals surface area (Å²) >= 11 is 0. The van der Waals surface area contributed by atoms with Gasteiger partial charge in [-0.1, -0.05) is 12.1 Å². The van der Waals surface area contributed by atoms with Gasteiger partial charge in [0, 0.05) is 30.2 Å². The fourth-order valence-electron chi connectivity index (χ4n) is 2.79. The Bertz CT molecular complexity index is 886. The number of phenols is 1.